The third-order valence-corrected chi connectivity index (χ3v) is 4.82. The fourth-order valence-corrected chi connectivity index (χ4v) is 3.51. The molecule has 2 amide bonds. The average Bonchev–Trinajstić information content (AvgIpc) is 2.41. The lowest BCUT2D eigenvalue weighted by Gasteiger charge is -2.21. The molecule has 0 aromatic heterocycles. The van der Waals surface area contributed by atoms with E-state index in [-0.39, 0.29) is 10.1 Å². The fraction of sp³-hybridized carbons (Fsp3) is 0.286. The first-order chi connectivity index (χ1) is 10.2. The summed E-state index contributed by atoms with van der Waals surface area (Å²) < 4.78 is 0. The summed E-state index contributed by atoms with van der Waals surface area (Å²) in [6.07, 6.45) is 0. The van der Waals surface area contributed by atoms with E-state index >= 15 is 0 Å². The van der Waals surface area contributed by atoms with Crippen LogP contribution in [0.4, 0.5) is 0 Å². The van der Waals surface area contributed by atoms with Gasteiger partial charge in [0.2, 0.25) is 11.8 Å². The van der Waals surface area contributed by atoms with Gasteiger partial charge in [0.05, 0.1) is 10.1 Å². The Hall–Kier alpha value is -1.80. The summed E-state index contributed by atoms with van der Waals surface area (Å²) in [5.41, 5.74) is 12.0. The molecule has 1 aromatic rings. The summed E-state index contributed by atoms with van der Waals surface area (Å²) >= 11 is 2.03. The lowest BCUT2D eigenvalue weighted by molar-refractivity contribution is -0.118. The summed E-state index contributed by atoms with van der Waals surface area (Å²) in [6.45, 7) is 3.12. The first kappa shape index (κ1) is 18.2. The van der Waals surface area contributed by atoms with E-state index in [0.29, 0.717) is 11.1 Å². The first-order valence-electron chi connectivity index (χ1n) is 6.35. The molecule has 0 saturated heterocycles. The van der Waals surface area contributed by atoms with Crippen LogP contribution in [0.25, 0.3) is 0 Å². The Morgan fingerprint density at radius 2 is 1.23 bits per heavy atom. The van der Waals surface area contributed by atoms with Crippen LogP contribution in [0.5, 0.6) is 0 Å². The maximum absolute atomic E-state index is 11.7. The van der Waals surface area contributed by atoms with Crippen molar-refractivity contribution < 1.29 is 9.59 Å². The number of hydrogen-bond donors (Lipinski definition) is 4. The number of primary amides is 2. The van der Waals surface area contributed by atoms with Gasteiger partial charge in [-0.25, -0.2) is 0 Å². The Kier molecular flexibility index (Phi) is 6.63. The van der Waals surface area contributed by atoms with Crippen molar-refractivity contribution >= 4 is 45.4 Å². The van der Waals surface area contributed by atoms with Gasteiger partial charge in [-0.15, -0.1) is 0 Å². The first-order valence-corrected chi connectivity index (χ1v) is 8.11. The van der Waals surface area contributed by atoms with Crippen molar-refractivity contribution in [2.75, 3.05) is 0 Å². The van der Waals surface area contributed by atoms with Gasteiger partial charge in [0.15, 0.2) is 0 Å². The normalized spacial score (nSPS) is 13.2. The molecule has 0 heterocycles. The quantitative estimate of drug-likeness (QED) is 0.467. The molecular weight excluding hydrogens is 320 g/mol. The van der Waals surface area contributed by atoms with Crippen LogP contribution >= 0.6 is 23.5 Å². The van der Waals surface area contributed by atoms with Crippen LogP contribution in [-0.4, -0.2) is 21.9 Å². The van der Waals surface area contributed by atoms with Gasteiger partial charge in [-0.3, -0.25) is 20.4 Å². The van der Waals surface area contributed by atoms with Crippen LogP contribution in [0.2, 0.25) is 0 Å². The minimum atomic E-state index is -0.776. The molecule has 118 valence electrons. The van der Waals surface area contributed by atoms with Crippen LogP contribution < -0.4 is 11.5 Å². The van der Waals surface area contributed by atoms with E-state index in [9.17, 15) is 9.59 Å². The molecule has 0 bridgehead atoms. The summed E-state index contributed by atoms with van der Waals surface area (Å²) in [5.74, 6) is -1.19. The van der Waals surface area contributed by atoms with Crippen molar-refractivity contribution in [2.24, 2.45) is 11.5 Å². The Bertz CT molecular complexity index is 566. The highest BCUT2D eigenvalue weighted by Crippen LogP contribution is 2.38. The molecule has 0 fully saturated rings. The van der Waals surface area contributed by atoms with E-state index in [0.717, 1.165) is 23.5 Å². The van der Waals surface area contributed by atoms with Crippen LogP contribution in [-0.2, 0) is 9.59 Å². The van der Waals surface area contributed by atoms with E-state index in [1.165, 1.54) is 0 Å². The second-order valence-electron chi connectivity index (χ2n) is 4.54. The second kappa shape index (κ2) is 8.00. The molecule has 0 aliphatic carbocycles. The Morgan fingerprint density at radius 3 is 1.45 bits per heavy atom. The zero-order valence-electron chi connectivity index (χ0n) is 12.3. The predicted octanol–water partition coefficient (Wildman–Crippen LogP) is 2.20. The monoisotopic (exact) mass is 338 g/mol. The molecule has 2 atom stereocenters. The summed E-state index contributed by atoms with van der Waals surface area (Å²) in [6, 6.07) is 6.84. The molecule has 0 saturated carbocycles. The highest BCUT2D eigenvalue weighted by molar-refractivity contribution is 8.14. The SMILES string of the molecule is CC(=N)SC(C(N)=O)c1ccccc1C(SC(C)=N)C(N)=O. The van der Waals surface area contributed by atoms with E-state index in [1.807, 2.05) is 0 Å². The van der Waals surface area contributed by atoms with Crippen molar-refractivity contribution in [1.82, 2.24) is 0 Å². The molecule has 6 N–H and O–H groups in total. The van der Waals surface area contributed by atoms with Gasteiger partial charge in [0.25, 0.3) is 0 Å². The molecule has 0 radical (unpaired) electrons. The van der Waals surface area contributed by atoms with Crippen LogP contribution in [0.3, 0.4) is 0 Å². The maximum Gasteiger partial charge on any atom is 0.235 e. The van der Waals surface area contributed by atoms with Crippen molar-refractivity contribution in [3.05, 3.63) is 35.4 Å². The molecule has 8 heteroatoms. The largest absolute Gasteiger partial charge is 0.368 e. The molecule has 6 nitrogen and oxygen atoms in total. The molecule has 22 heavy (non-hydrogen) atoms. The number of hydrogen-bond acceptors (Lipinski definition) is 6. The number of nitrogens with two attached hydrogens (primary N) is 2. The third-order valence-electron chi connectivity index (χ3n) is 2.67. The van der Waals surface area contributed by atoms with E-state index in [4.69, 9.17) is 22.3 Å². The molecule has 0 spiro atoms. The predicted molar refractivity (Wildman–Crippen MR) is 92.3 cm³/mol. The number of carbonyl (C=O) groups excluding carboxylic acids is 2. The Balaban J connectivity index is 3.36. The second-order valence-corrected chi connectivity index (χ2v) is 7.18. The molecule has 0 aliphatic rings. The Labute approximate surface area is 137 Å². The summed E-state index contributed by atoms with van der Waals surface area (Å²) in [4.78, 5) is 23.5. The van der Waals surface area contributed by atoms with Gasteiger partial charge < -0.3 is 11.5 Å². The van der Waals surface area contributed by atoms with Crippen LogP contribution in [0, 0.1) is 10.8 Å². The van der Waals surface area contributed by atoms with Crippen LogP contribution in [0.15, 0.2) is 24.3 Å². The number of amides is 2. The number of thioether (sulfide) groups is 2. The van der Waals surface area contributed by atoms with Crippen molar-refractivity contribution in [2.45, 2.75) is 24.3 Å². The number of carbonyl (C=O) groups is 2. The van der Waals surface area contributed by atoms with Gasteiger partial charge in [0.1, 0.15) is 10.5 Å². The number of nitrogens with one attached hydrogen (secondary N) is 2. The van der Waals surface area contributed by atoms with Crippen LogP contribution in [0.1, 0.15) is 35.5 Å². The third kappa shape index (κ3) is 4.88. The molecule has 2 unspecified atom stereocenters. The standard InChI is InChI=1S/C14H18N4O2S2/c1-7(15)21-11(13(17)19)9-5-3-4-6-10(9)12(14(18)20)22-8(2)16/h3-6,11-12,15-16H,1-2H3,(H2,17,19)(H2,18,20). The number of rotatable bonds is 6. The van der Waals surface area contributed by atoms with Crippen molar-refractivity contribution in [3.63, 3.8) is 0 Å². The van der Waals surface area contributed by atoms with Gasteiger partial charge in [0, 0.05) is 0 Å². The lowest BCUT2D eigenvalue weighted by atomic mass is 10.0. The Morgan fingerprint density at radius 1 is 0.909 bits per heavy atom. The van der Waals surface area contributed by atoms with Gasteiger partial charge in [-0.05, 0) is 25.0 Å². The molecule has 0 aliphatic heterocycles. The summed E-state index contributed by atoms with van der Waals surface area (Å²) in [5, 5.41) is 14.1. The summed E-state index contributed by atoms with van der Waals surface area (Å²) in [7, 11) is 0. The average molecular weight is 338 g/mol. The van der Waals surface area contributed by atoms with Gasteiger partial charge in [-0.2, -0.15) is 0 Å². The highest BCUT2D eigenvalue weighted by atomic mass is 32.2. The van der Waals surface area contributed by atoms with Gasteiger partial charge >= 0.3 is 0 Å². The maximum atomic E-state index is 11.7. The molecule has 1 aromatic carbocycles. The van der Waals surface area contributed by atoms with Crippen molar-refractivity contribution in [3.8, 4) is 0 Å². The fourth-order valence-electron chi connectivity index (χ4n) is 1.89. The zero-order valence-corrected chi connectivity index (χ0v) is 13.9. The molecular formula is C14H18N4O2S2. The minimum Gasteiger partial charge on any atom is -0.368 e. The molecule has 1 rings (SSSR count). The lowest BCUT2D eigenvalue weighted by Crippen LogP contribution is -2.25. The van der Waals surface area contributed by atoms with Crippen molar-refractivity contribution in [1.29, 1.82) is 10.8 Å². The minimum absolute atomic E-state index is 0.241. The highest BCUT2D eigenvalue weighted by Gasteiger charge is 2.28. The topological polar surface area (TPSA) is 134 Å². The zero-order chi connectivity index (χ0) is 16.9. The number of benzene rings is 1. The van der Waals surface area contributed by atoms with Gasteiger partial charge in [-0.1, -0.05) is 47.8 Å². The smallest absolute Gasteiger partial charge is 0.235 e. The van der Waals surface area contributed by atoms with E-state index < -0.39 is 22.3 Å². The van der Waals surface area contributed by atoms with E-state index in [1.54, 1.807) is 38.1 Å². The van der Waals surface area contributed by atoms with E-state index in [2.05, 4.69) is 0 Å².